The van der Waals surface area contributed by atoms with Crippen molar-refractivity contribution in [2.24, 2.45) is 10.9 Å². The van der Waals surface area contributed by atoms with Gasteiger partial charge in [0.25, 0.3) is 0 Å². The van der Waals surface area contributed by atoms with Gasteiger partial charge < -0.3 is 20.0 Å². The first-order chi connectivity index (χ1) is 11.5. The maximum absolute atomic E-state index is 5.58. The minimum atomic E-state index is 0.512. The zero-order valence-electron chi connectivity index (χ0n) is 16.0. The zero-order valence-corrected chi connectivity index (χ0v) is 16.0. The molecule has 0 spiro atoms. The maximum Gasteiger partial charge on any atom is 0.191 e. The summed E-state index contributed by atoms with van der Waals surface area (Å²) in [4.78, 5) is 7.31. The van der Waals surface area contributed by atoms with Crippen LogP contribution in [0, 0.1) is 19.8 Å². The Morgan fingerprint density at radius 1 is 1.33 bits per heavy atom. The Bertz CT molecular complexity index is 527. The van der Waals surface area contributed by atoms with Crippen molar-refractivity contribution < 1.29 is 4.42 Å². The van der Waals surface area contributed by atoms with E-state index in [1.807, 2.05) is 13.8 Å². The van der Waals surface area contributed by atoms with Gasteiger partial charge in [0.2, 0.25) is 0 Å². The van der Waals surface area contributed by atoms with Crippen molar-refractivity contribution >= 4 is 5.96 Å². The number of piperidine rings is 1. The number of nitrogens with zero attached hydrogens (tertiary/aromatic N) is 2. The summed E-state index contributed by atoms with van der Waals surface area (Å²) in [6.45, 7) is 15.8. The molecule has 136 valence electrons. The summed E-state index contributed by atoms with van der Waals surface area (Å²) in [5, 5.41) is 6.97. The van der Waals surface area contributed by atoms with Crippen LogP contribution in [0.2, 0.25) is 0 Å². The van der Waals surface area contributed by atoms with E-state index in [9.17, 15) is 0 Å². The highest BCUT2D eigenvalue weighted by atomic mass is 16.3. The van der Waals surface area contributed by atoms with E-state index in [1.165, 1.54) is 32.5 Å². The van der Waals surface area contributed by atoms with E-state index in [0.717, 1.165) is 35.5 Å². The van der Waals surface area contributed by atoms with Crippen molar-refractivity contribution in [1.82, 2.24) is 15.5 Å². The fourth-order valence-electron chi connectivity index (χ4n) is 3.29. The zero-order chi connectivity index (χ0) is 17.5. The van der Waals surface area contributed by atoms with Gasteiger partial charge in [-0.3, -0.25) is 0 Å². The highest BCUT2D eigenvalue weighted by Crippen LogP contribution is 2.15. The smallest absolute Gasteiger partial charge is 0.191 e. The molecule has 0 saturated carbocycles. The molecule has 0 atom stereocenters. The number of rotatable bonds is 6. The molecule has 1 aliphatic rings. The van der Waals surface area contributed by atoms with E-state index in [0.29, 0.717) is 12.6 Å². The van der Waals surface area contributed by atoms with Crippen LogP contribution in [-0.2, 0) is 6.54 Å². The third-order valence-electron chi connectivity index (χ3n) is 4.45. The van der Waals surface area contributed by atoms with Crippen LogP contribution in [0.15, 0.2) is 15.5 Å². The van der Waals surface area contributed by atoms with Gasteiger partial charge in [-0.25, -0.2) is 4.99 Å². The number of nitrogens with one attached hydrogen (secondary N) is 2. The molecule has 1 fully saturated rings. The lowest BCUT2D eigenvalue weighted by atomic mass is 10.0. The van der Waals surface area contributed by atoms with Crippen LogP contribution in [0.4, 0.5) is 0 Å². The molecule has 2 rings (SSSR count). The molecule has 5 nitrogen and oxygen atoms in total. The maximum atomic E-state index is 5.58. The predicted octanol–water partition coefficient (Wildman–Crippen LogP) is 3.07. The van der Waals surface area contributed by atoms with Crippen LogP contribution in [-0.4, -0.2) is 43.1 Å². The van der Waals surface area contributed by atoms with Crippen molar-refractivity contribution in [2.45, 2.75) is 60.0 Å². The molecule has 2 heterocycles. The van der Waals surface area contributed by atoms with Crippen molar-refractivity contribution in [2.75, 3.05) is 26.2 Å². The van der Waals surface area contributed by atoms with E-state index in [1.54, 1.807) is 0 Å². The fraction of sp³-hybridized carbons (Fsp3) is 0.737. The molecule has 1 aromatic rings. The summed E-state index contributed by atoms with van der Waals surface area (Å²) >= 11 is 0. The number of likely N-dealkylation sites (tertiary alicyclic amines) is 1. The topological polar surface area (TPSA) is 52.8 Å². The molecular formula is C19H34N4O. The van der Waals surface area contributed by atoms with Crippen LogP contribution in [0.3, 0.4) is 0 Å². The Balaban J connectivity index is 1.87. The SMILES string of the molecule is CCNC(=NCc1cc(C)oc1C)NC1CCN(CC(C)C)CC1. The van der Waals surface area contributed by atoms with Gasteiger partial charge in [-0.1, -0.05) is 13.8 Å². The number of aryl methyl sites for hydroxylation is 2. The van der Waals surface area contributed by atoms with Gasteiger partial charge in [0, 0.05) is 37.8 Å². The summed E-state index contributed by atoms with van der Waals surface area (Å²) in [6, 6.07) is 2.59. The first kappa shape index (κ1) is 18.8. The number of aliphatic imine (C=N–C) groups is 1. The van der Waals surface area contributed by atoms with Gasteiger partial charge in [0.1, 0.15) is 11.5 Å². The lowest BCUT2D eigenvalue weighted by molar-refractivity contribution is 0.187. The molecule has 1 saturated heterocycles. The second-order valence-corrected chi connectivity index (χ2v) is 7.25. The lowest BCUT2D eigenvalue weighted by Crippen LogP contribution is -2.49. The summed E-state index contributed by atoms with van der Waals surface area (Å²) in [6.07, 6.45) is 2.36. The molecule has 0 aromatic carbocycles. The Morgan fingerprint density at radius 2 is 2.04 bits per heavy atom. The second-order valence-electron chi connectivity index (χ2n) is 7.25. The number of guanidine groups is 1. The van der Waals surface area contributed by atoms with Crippen molar-refractivity contribution in [3.05, 3.63) is 23.2 Å². The highest BCUT2D eigenvalue weighted by molar-refractivity contribution is 5.80. The molecule has 1 aliphatic heterocycles. The Labute approximate surface area is 146 Å². The van der Waals surface area contributed by atoms with E-state index in [-0.39, 0.29) is 0 Å². The molecule has 0 bridgehead atoms. The molecular weight excluding hydrogens is 300 g/mol. The second kappa shape index (κ2) is 9.11. The first-order valence-corrected chi connectivity index (χ1v) is 9.31. The van der Waals surface area contributed by atoms with Crippen LogP contribution in [0.25, 0.3) is 0 Å². The molecule has 2 N–H and O–H groups in total. The van der Waals surface area contributed by atoms with Gasteiger partial charge in [-0.05, 0) is 45.6 Å². The number of hydrogen-bond donors (Lipinski definition) is 2. The summed E-state index contributed by atoms with van der Waals surface area (Å²) < 4.78 is 5.58. The minimum absolute atomic E-state index is 0.512. The molecule has 0 unspecified atom stereocenters. The predicted molar refractivity (Wildman–Crippen MR) is 100 cm³/mol. The van der Waals surface area contributed by atoms with Gasteiger partial charge in [0.15, 0.2) is 5.96 Å². The van der Waals surface area contributed by atoms with Crippen LogP contribution in [0.1, 0.15) is 50.7 Å². The Hall–Kier alpha value is -1.49. The standard InChI is InChI=1S/C19H34N4O/c1-6-20-19(21-12-17-11-15(4)24-16(17)5)22-18-7-9-23(10-8-18)13-14(2)3/h11,14,18H,6-10,12-13H2,1-5H3,(H2,20,21,22). The van der Waals surface area contributed by atoms with Gasteiger partial charge in [-0.15, -0.1) is 0 Å². The van der Waals surface area contributed by atoms with E-state index in [2.05, 4.69) is 42.4 Å². The summed E-state index contributed by atoms with van der Waals surface area (Å²) in [7, 11) is 0. The Morgan fingerprint density at radius 3 is 2.58 bits per heavy atom. The van der Waals surface area contributed by atoms with Crippen molar-refractivity contribution in [1.29, 1.82) is 0 Å². The summed E-state index contributed by atoms with van der Waals surface area (Å²) in [5.41, 5.74) is 1.16. The van der Waals surface area contributed by atoms with Crippen molar-refractivity contribution in [3.8, 4) is 0 Å². The fourth-order valence-corrected chi connectivity index (χ4v) is 3.29. The third-order valence-corrected chi connectivity index (χ3v) is 4.45. The highest BCUT2D eigenvalue weighted by Gasteiger charge is 2.20. The monoisotopic (exact) mass is 334 g/mol. The molecule has 24 heavy (non-hydrogen) atoms. The van der Waals surface area contributed by atoms with Gasteiger partial charge >= 0.3 is 0 Å². The van der Waals surface area contributed by atoms with E-state index < -0.39 is 0 Å². The molecule has 0 amide bonds. The third kappa shape index (κ3) is 5.86. The van der Waals surface area contributed by atoms with Gasteiger partial charge in [-0.2, -0.15) is 0 Å². The number of furan rings is 1. The average molecular weight is 335 g/mol. The summed E-state index contributed by atoms with van der Waals surface area (Å²) in [5.74, 6) is 3.58. The first-order valence-electron chi connectivity index (χ1n) is 9.31. The van der Waals surface area contributed by atoms with E-state index in [4.69, 9.17) is 9.41 Å². The largest absolute Gasteiger partial charge is 0.466 e. The van der Waals surface area contributed by atoms with Gasteiger partial charge in [0.05, 0.1) is 6.54 Å². The normalized spacial score (nSPS) is 17.5. The molecule has 1 aromatic heterocycles. The Kier molecular flexibility index (Phi) is 7.16. The minimum Gasteiger partial charge on any atom is -0.466 e. The van der Waals surface area contributed by atoms with Crippen LogP contribution in [0.5, 0.6) is 0 Å². The molecule has 0 radical (unpaired) electrons. The molecule has 0 aliphatic carbocycles. The lowest BCUT2D eigenvalue weighted by Gasteiger charge is -2.34. The van der Waals surface area contributed by atoms with Crippen LogP contribution < -0.4 is 10.6 Å². The average Bonchev–Trinajstić information content (AvgIpc) is 2.84. The molecule has 5 heteroatoms. The number of hydrogen-bond acceptors (Lipinski definition) is 3. The van der Waals surface area contributed by atoms with Crippen molar-refractivity contribution in [3.63, 3.8) is 0 Å². The quantitative estimate of drug-likeness (QED) is 0.620. The van der Waals surface area contributed by atoms with Crippen LogP contribution >= 0.6 is 0 Å². The van der Waals surface area contributed by atoms with E-state index >= 15 is 0 Å².